The van der Waals surface area contributed by atoms with Crippen LogP contribution in [0.4, 0.5) is 13.2 Å². The van der Waals surface area contributed by atoms with Gasteiger partial charge in [0, 0.05) is 12.0 Å². The van der Waals surface area contributed by atoms with Crippen molar-refractivity contribution in [3.63, 3.8) is 0 Å². The number of likely N-dealkylation sites (tertiary alicyclic amines) is 1. The third-order valence-electron chi connectivity index (χ3n) is 6.10. The molecule has 194 valence electrons. The molecule has 1 fully saturated rings. The smallest absolute Gasteiger partial charge is 0.420 e. The van der Waals surface area contributed by atoms with E-state index in [2.05, 4.69) is 0 Å². The van der Waals surface area contributed by atoms with Gasteiger partial charge in [0.25, 0.3) is 0 Å². The summed E-state index contributed by atoms with van der Waals surface area (Å²) in [5.74, 6) is -1.23. The Kier molecular flexibility index (Phi) is 7.58. The van der Waals surface area contributed by atoms with E-state index in [0.717, 1.165) is 24.3 Å². The number of thiocarbonyl (C=S) groups is 1. The molecule has 0 aromatic heterocycles. The van der Waals surface area contributed by atoms with Crippen LogP contribution in [0.1, 0.15) is 17.5 Å². The summed E-state index contributed by atoms with van der Waals surface area (Å²) in [4.78, 5) is 13.3. The van der Waals surface area contributed by atoms with E-state index in [1.54, 1.807) is 12.1 Å². The Morgan fingerprint density at radius 3 is 2.22 bits per heavy atom. The second-order valence-electron chi connectivity index (χ2n) is 8.43. The van der Waals surface area contributed by atoms with E-state index in [1.165, 1.54) is 18.1 Å². The Morgan fingerprint density at radius 2 is 1.65 bits per heavy atom. The lowest BCUT2D eigenvalue weighted by atomic mass is 10.1. The van der Waals surface area contributed by atoms with Gasteiger partial charge in [-0.25, -0.2) is 4.79 Å². The SMILES string of the molecule is COc1cc(C(=S)N2C[C@@H](Oc3ccc(-c4ccccc4)cc3)C[C@@H]2C(=O)O)cc(C(F)(F)F)c1OC. The van der Waals surface area contributed by atoms with Crippen molar-refractivity contribution in [3.8, 4) is 28.4 Å². The topological polar surface area (TPSA) is 68.2 Å². The first kappa shape index (κ1) is 26.3. The maximum absolute atomic E-state index is 13.7. The molecule has 37 heavy (non-hydrogen) atoms. The van der Waals surface area contributed by atoms with Gasteiger partial charge in [0.2, 0.25) is 0 Å². The number of nitrogens with zero attached hydrogens (tertiary/aromatic N) is 1. The zero-order valence-electron chi connectivity index (χ0n) is 20.0. The van der Waals surface area contributed by atoms with Gasteiger partial charge in [-0.05, 0) is 35.4 Å². The number of halogens is 3. The van der Waals surface area contributed by atoms with Crippen molar-refractivity contribution in [2.24, 2.45) is 0 Å². The van der Waals surface area contributed by atoms with E-state index in [0.29, 0.717) is 5.75 Å². The maximum Gasteiger partial charge on any atom is 0.420 e. The highest BCUT2D eigenvalue weighted by molar-refractivity contribution is 7.80. The normalized spacial score (nSPS) is 17.4. The number of hydrogen-bond acceptors (Lipinski definition) is 5. The van der Waals surface area contributed by atoms with E-state index in [4.69, 9.17) is 26.4 Å². The highest BCUT2D eigenvalue weighted by atomic mass is 32.1. The van der Waals surface area contributed by atoms with Crippen molar-refractivity contribution in [2.75, 3.05) is 20.8 Å². The van der Waals surface area contributed by atoms with Crippen LogP contribution in [0.3, 0.4) is 0 Å². The predicted molar refractivity (Wildman–Crippen MR) is 135 cm³/mol. The molecule has 2 atom stereocenters. The van der Waals surface area contributed by atoms with Gasteiger partial charge >= 0.3 is 12.1 Å². The van der Waals surface area contributed by atoms with Crippen molar-refractivity contribution in [3.05, 3.63) is 77.9 Å². The molecule has 4 rings (SSSR count). The summed E-state index contributed by atoms with van der Waals surface area (Å²) in [6, 6.07) is 18.3. The Bertz CT molecular complexity index is 1280. The Balaban J connectivity index is 1.56. The lowest BCUT2D eigenvalue weighted by Gasteiger charge is -2.25. The number of carboxylic acid groups (broad SMARTS) is 1. The van der Waals surface area contributed by atoms with Crippen LogP contribution in [0.15, 0.2) is 66.7 Å². The Hall–Kier alpha value is -3.79. The number of hydrogen-bond donors (Lipinski definition) is 1. The largest absolute Gasteiger partial charge is 0.493 e. The molecule has 1 aliphatic heterocycles. The molecule has 1 heterocycles. The first-order chi connectivity index (χ1) is 17.6. The van der Waals surface area contributed by atoms with Crippen molar-refractivity contribution in [1.29, 1.82) is 0 Å². The summed E-state index contributed by atoms with van der Waals surface area (Å²) in [6.45, 7) is 0.0892. The van der Waals surface area contributed by atoms with Crippen LogP contribution >= 0.6 is 12.2 Å². The van der Waals surface area contributed by atoms with E-state index in [-0.39, 0.29) is 29.3 Å². The monoisotopic (exact) mass is 531 g/mol. The number of ether oxygens (including phenoxy) is 3. The number of aliphatic carboxylic acids is 1. The maximum atomic E-state index is 13.7. The van der Waals surface area contributed by atoms with Crippen LogP contribution in [-0.4, -0.2) is 53.9 Å². The summed E-state index contributed by atoms with van der Waals surface area (Å²) in [7, 11) is 2.33. The molecule has 0 amide bonds. The van der Waals surface area contributed by atoms with Crippen LogP contribution in [0.5, 0.6) is 17.2 Å². The number of benzene rings is 3. The van der Waals surface area contributed by atoms with Gasteiger partial charge in [-0.2, -0.15) is 13.2 Å². The van der Waals surface area contributed by atoms with E-state index in [1.807, 2.05) is 42.5 Å². The Labute approximate surface area is 217 Å². The zero-order chi connectivity index (χ0) is 26.7. The van der Waals surface area contributed by atoms with E-state index < -0.39 is 35.6 Å². The molecule has 3 aromatic rings. The van der Waals surface area contributed by atoms with Crippen molar-refractivity contribution >= 4 is 23.2 Å². The first-order valence-electron chi connectivity index (χ1n) is 11.3. The number of rotatable bonds is 7. The molecular weight excluding hydrogens is 507 g/mol. The molecule has 0 radical (unpaired) electrons. The fourth-order valence-corrected chi connectivity index (χ4v) is 4.67. The fourth-order valence-electron chi connectivity index (χ4n) is 4.35. The molecular formula is C27H24F3NO5S. The number of methoxy groups -OCH3 is 2. The molecule has 6 nitrogen and oxygen atoms in total. The second-order valence-corrected chi connectivity index (χ2v) is 8.82. The van der Waals surface area contributed by atoms with E-state index >= 15 is 0 Å². The molecule has 1 saturated heterocycles. The van der Waals surface area contributed by atoms with Crippen molar-refractivity contribution in [1.82, 2.24) is 4.90 Å². The minimum atomic E-state index is -4.74. The third-order valence-corrected chi connectivity index (χ3v) is 6.57. The number of alkyl halides is 3. The summed E-state index contributed by atoms with van der Waals surface area (Å²) >= 11 is 5.48. The number of carboxylic acids is 1. The zero-order valence-corrected chi connectivity index (χ0v) is 20.8. The molecule has 1 aliphatic rings. The quantitative estimate of drug-likeness (QED) is 0.394. The highest BCUT2D eigenvalue weighted by Gasteiger charge is 2.41. The highest BCUT2D eigenvalue weighted by Crippen LogP contribution is 2.43. The second kappa shape index (κ2) is 10.7. The van der Waals surface area contributed by atoms with Gasteiger partial charge in [-0.15, -0.1) is 0 Å². The molecule has 0 saturated carbocycles. The molecule has 10 heteroatoms. The van der Waals surface area contributed by atoms with Crippen LogP contribution in [-0.2, 0) is 11.0 Å². The average molecular weight is 532 g/mol. The summed E-state index contributed by atoms with van der Waals surface area (Å²) in [5.41, 5.74) is 0.980. The van der Waals surface area contributed by atoms with Crippen LogP contribution in [0.2, 0.25) is 0 Å². The van der Waals surface area contributed by atoms with Gasteiger partial charge in [0.1, 0.15) is 28.4 Å². The molecule has 0 spiro atoms. The minimum Gasteiger partial charge on any atom is -0.493 e. The lowest BCUT2D eigenvalue weighted by molar-refractivity contribution is -0.141. The number of carbonyl (C=O) groups is 1. The molecule has 0 unspecified atom stereocenters. The van der Waals surface area contributed by atoms with Crippen LogP contribution in [0, 0.1) is 0 Å². The minimum absolute atomic E-state index is 0.000843. The average Bonchev–Trinajstić information content (AvgIpc) is 3.32. The van der Waals surface area contributed by atoms with Gasteiger partial charge in [-0.1, -0.05) is 54.7 Å². The van der Waals surface area contributed by atoms with Gasteiger partial charge in [0.05, 0.1) is 20.8 Å². The molecule has 0 bridgehead atoms. The van der Waals surface area contributed by atoms with Crippen molar-refractivity contribution in [2.45, 2.75) is 24.7 Å². The first-order valence-corrected chi connectivity index (χ1v) is 11.7. The lowest BCUT2D eigenvalue weighted by Crippen LogP contribution is -2.40. The fraction of sp³-hybridized carbons (Fsp3) is 0.259. The summed E-state index contributed by atoms with van der Waals surface area (Å²) in [6.07, 6.45) is -5.17. The van der Waals surface area contributed by atoms with Crippen LogP contribution < -0.4 is 14.2 Å². The van der Waals surface area contributed by atoms with Gasteiger partial charge < -0.3 is 24.2 Å². The van der Waals surface area contributed by atoms with E-state index in [9.17, 15) is 23.1 Å². The molecule has 1 N–H and O–H groups in total. The van der Waals surface area contributed by atoms with Crippen molar-refractivity contribution < 1.29 is 37.3 Å². The molecule has 0 aliphatic carbocycles. The Morgan fingerprint density at radius 1 is 1.00 bits per heavy atom. The standard InChI is InChI=1S/C27H24F3NO5S/c1-34-23-13-18(12-21(24(23)35-2)27(28,29)30)25(37)31-15-20(14-22(31)26(32)33)36-19-10-8-17(9-11-19)16-6-4-3-5-7-16/h3-13,20,22H,14-15H2,1-2H3,(H,32,33)/t20-,22+/m0/s1. The summed E-state index contributed by atoms with van der Waals surface area (Å²) < 4.78 is 57.2. The summed E-state index contributed by atoms with van der Waals surface area (Å²) in [5, 5.41) is 9.81. The third kappa shape index (κ3) is 5.64. The van der Waals surface area contributed by atoms with Gasteiger partial charge in [0.15, 0.2) is 11.5 Å². The van der Waals surface area contributed by atoms with Crippen LogP contribution in [0.25, 0.3) is 11.1 Å². The molecule has 3 aromatic carbocycles. The predicted octanol–water partition coefficient (Wildman–Crippen LogP) is 5.67. The van der Waals surface area contributed by atoms with Gasteiger partial charge in [-0.3, -0.25) is 0 Å².